The fraction of sp³-hybridized carbons (Fsp3) is 0.250. The van der Waals surface area contributed by atoms with Gasteiger partial charge in [0.1, 0.15) is 6.04 Å². The molecule has 0 saturated heterocycles. The zero-order valence-corrected chi connectivity index (χ0v) is 14.8. The van der Waals surface area contributed by atoms with Crippen LogP contribution in [0.15, 0.2) is 60.7 Å². The molecule has 2 aromatic rings. The van der Waals surface area contributed by atoms with E-state index in [-0.39, 0.29) is 24.8 Å². The highest BCUT2D eigenvalue weighted by atomic mass is 16.5. The third-order valence-corrected chi connectivity index (χ3v) is 3.75. The van der Waals surface area contributed by atoms with Crippen LogP contribution in [-0.2, 0) is 20.7 Å². The van der Waals surface area contributed by atoms with Gasteiger partial charge in [0.25, 0.3) is 11.8 Å². The van der Waals surface area contributed by atoms with Gasteiger partial charge in [-0.1, -0.05) is 48.5 Å². The number of nitrogens with zero attached hydrogens (tertiary/aromatic N) is 1. The number of hydrogen-bond donors (Lipinski definition) is 1. The van der Waals surface area contributed by atoms with Crippen LogP contribution in [0.5, 0.6) is 0 Å². The minimum Gasteiger partial charge on any atom is -0.454 e. The molecule has 2 amide bonds. The van der Waals surface area contributed by atoms with Gasteiger partial charge in [-0.25, -0.2) is 4.79 Å². The summed E-state index contributed by atoms with van der Waals surface area (Å²) >= 11 is 0. The van der Waals surface area contributed by atoms with E-state index in [0.717, 1.165) is 5.56 Å². The molecule has 0 spiro atoms. The summed E-state index contributed by atoms with van der Waals surface area (Å²) in [6, 6.07) is 17.0. The quantitative estimate of drug-likeness (QED) is 0.768. The number of nitrogens with one attached hydrogen (secondary N) is 1. The Morgan fingerprint density at radius 2 is 1.54 bits per heavy atom. The maximum Gasteiger partial charge on any atom is 0.329 e. The third-order valence-electron chi connectivity index (χ3n) is 3.75. The zero-order valence-electron chi connectivity index (χ0n) is 14.8. The van der Waals surface area contributed by atoms with E-state index < -0.39 is 12.0 Å². The second kappa shape index (κ2) is 9.36. The first-order chi connectivity index (χ1) is 12.5. The molecule has 1 atom stereocenters. The van der Waals surface area contributed by atoms with Crippen molar-refractivity contribution in [3.63, 3.8) is 0 Å². The van der Waals surface area contributed by atoms with Crippen LogP contribution in [0.25, 0.3) is 0 Å². The van der Waals surface area contributed by atoms with Crippen LogP contribution in [0.4, 0.5) is 0 Å². The predicted octanol–water partition coefficient (Wildman–Crippen LogP) is 1.66. The molecule has 0 aromatic heterocycles. The monoisotopic (exact) mass is 354 g/mol. The lowest BCUT2D eigenvalue weighted by atomic mass is 10.1. The normalized spacial score (nSPS) is 11.3. The van der Waals surface area contributed by atoms with E-state index >= 15 is 0 Å². The van der Waals surface area contributed by atoms with E-state index in [0.29, 0.717) is 5.56 Å². The lowest BCUT2D eigenvalue weighted by Crippen LogP contribution is -2.44. The second-order valence-corrected chi connectivity index (χ2v) is 5.98. The standard InChI is InChI=1S/C20H22N2O4/c1-22(2)18(23)14-26-20(25)17(13-15-9-5-3-6-10-15)21-19(24)16-11-7-4-8-12-16/h3-12,17H,13-14H2,1-2H3,(H,21,24)/t17-/m0/s1. The fourth-order valence-electron chi connectivity index (χ4n) is 2.24. The molecule has 0 aliphatic rings. The number of hydrogen-bond acceptors (Lipinski definition) is 4. The minimum absolute atomic E-state index is 0.272. The van der Waals surface area contributed by atoms with Gasteiger partial charge in [0.15, 0.2) is 6.61 Å². The first-order valence-corrected chi connectivity index (χ1v) is 8.24. The maximum atomic E-state index is 12.4. The third kappa shape index (κ3) is 5.73. The highest BCUT2D eigenvalue weighted by Gasteiger charge is 2.24. The molecule has 0 radical (unpaired) electrons. The highest BCUT2D eigenvalue weighted by Crippen LogP contribution is 2.07. The molecule has 0 heterocycles. The van der Waals surface area contributed by atoms with Gasteiger partial charge in [-0.15, -0.1) is 0 Å². The predicted molar refractivity (Wildman–Crippen MR) is 97.5 cm³/mol. The molecule has 26 heavy (non-hydrogen) atoms. The van der Waals surface area contributed by atoms with Crippen molar-refractivity contribution in [3.05, 3.63) is 71.8 Å². The van der Waals surface area contributed by atoms with Crippen molar-refractivity contribution in [2.24, 2.45) is 0 Å². The Hall–Kier alpha value is -3.15. The van der Waals surface area contributed by atoms with Gasteiger partial charge in [-0.3, -0.25) is 9.59 Å². The van der Waals surface area contributed by atoms with Gasteiger partial charge in [-0.2, -0.15) is 0 Å². The van der Waals surface area contributed by atoms with Crippen LogP contribution in [0, 0.1) is 0 Å². The molecule has 2 aromatic carbocycles. The lowest BCUT2D eigenvalue weighted by molar-refractivity contribution is -0.152. The Morgan fingerprint density at radius 3 is 2.12 bits per heavy atom. The molecule has 0 fully saturated rings. The molecule has 0 bridgehead atoms. The van der Waals surface area contributed by atoms with E-state index in [9.17, 15) is 14.4 Å². The van der Waals surface area contributed by atoms with Crippen molar-refractivity contribution < 1.29 is 19.1 Å². The van der Waals surface area contributed by atoms with E-state index in [1.807, 2.05) is 30.3 Å². The lowest BCUT2D eigenvalue weighted by Gasteiger charge is -2.18. The van der Waals surface area contributed by atoms with Gasteiger partial charge in [0.05, 0.1) is 0 Å². The number of benzene rings is 2. The number of carbonyl (C=O) groups excluding carboxylic acids is 3. The van der Waals surface area contributed by atoms with Gasteiger partial charge >= 0.3 is 5.97 Å². The largest absolute Gasteiger partial charge is 0.454 e. The topological polar surface area (TPSA) is 75.7 Å². The molecule has 6 nitrogen and oxygen atoms in total. The molecule has 0 aliphatic carbocycles. The summed E-state index contributed by atoms with van der Waals surface area (Å²) in [5.41, 5.74) is 1.32. The van der Waals surface area contributed by atoms with Crippen LogP contribution >= 0.6 is 0 Å². The molecule has 0 unspecified atom stereocenters. The summed E-state index contributed by atoms with van der Waals surface area (Å²) < 4.78 is 5.09. The summed E-state index contributed by atoms with van der Waals surface area (Å²) in [7, 11) is 3.16. The van der Waals surface area contributed by atoms with Crippen molar-refractivity contribution in [2.75, 3.05) is 20.7 Å². The number of rotatable bonds is 7. The number of likely N-dealkylation sites (N-methyl/N-ethyl adjacent to an activating group) is 1. The SMILES string of the molecule is CN(C)C(=O)COC(=O)[C@H](Cc1ccccc1)NC(=O)c1ccccc1. The molecule has 0 saturated carbocycles. The van der Waals surface area contributed by atoms with E-state index in [4.69, 9.17) is 4.74 Å². The van der Waals surface area contributed by atoms with E-state index in [1.54, 1.807) is 44.4 Å². The van der Waals surface area contributed by atoms with Crippen LogP contribution in [0.2, 0.25) is 0 Å². The molecule has 0 aliphatic heterocycles. The first kappa shape index (κ1) is 19.2. The van der Waals surface area contributed by atoms with Crippen LogP contribution in [-0.4, -0.2) is 49.4 Å². The molecule has 136 valence electrons. The van der Waals surface area contributed by atoms with Crippen molar-refractivity contribution >= 4 is 17.8 Å². The summed E-state index contributed by atoms with van der Waals surface area (Å²) in [5.74, 6) is -1.35. The highest BCUT2D eigenvalue weighted by molar-refractivity contribution is 5.97. The average Bonchev–Trinajstić information content (AvgIpc) is 2.66. The molecular formula is C20H22N2O4. The van der Waals surface area contributed by atoms with Crippen molar-refractivity contribution in [1.29, 1.82) is 0 Å². The van der Waals surface area contributed by atoms with Crippen molar-refractivity contribution in [3.8, 4) is 0 Å². The minimum atomic E-state index is -0.889. The number of carbonyl (C=O) groups is 3. The first-order valence-electron chi connectivity index (χ1n) is 8.24. The number of amides is 2. The van der Waals surface area contributed by atoms with Crippen molar-refractivity contribution in [1.82, 2.24) is 10.2 Å². The van der Waals surface area contributed by atoms with E-state index in [2.05, 4.69) is 5.32 Å². The number of ether oxygens (including phenoxy) is 1. The molecule has 1 N–H and O–H groups in total. The maximum absolute atomic E-state index is 12.4. The Morgan fingerprint density at radius 1 is 0.962 bits per heavy atom. The van der Waals surface area contributed by atoms with Gasteiger partial charge in [0.2, 0.25) is 0 Å². The summed E-state index contributed by atoms with van der Waals surface area (Å²) in [6.07, 6.45) is 0.272. The van der Waals surface area contributed by atoms with Crippen LogP contribution in [0.3, 0.4) is 0 Å². The Balaban J connectivity index is 2.09. The summed E-state index contributed by atoms with van der Waals surface area (Å²) in [4.78, 5) is 37.8. The summed E-state index contributed by atoms with van der Waals surface area (Å²) in [6.45, 7) is -0.363. The van der Waals surface area contributed by atoms with Gasteiger partial charge in [0, 0.05) is 26.1 Å². The number of esters is 1. The van der Waals surface area contributed by atoms with Crippen LogP contribution in [0.1, 0.15) is 15.9 Å². The average molecular weight is 354 g/mol. The molecule has 2 rings (SSSR count). The Bertz CT molecular complexity index is 745. The van der Waals surface area contributed by atoms with Crippen molar-refractivity contribution in [2.45, 2.75) is 12.5 Å². The fourth-order valence-corrected chi connectivity index (χ4v) is 2.24. The molecular weight excluding hydrogens is 332 g/mol. The Labute approximate surface area is 152 Å². The van der Waals surface area contributed by atoms with Gasteiger partial charge < -0.3 is 15.0 Å². The van der Waals surface area contributed by atoms with E-state index in [1.165, 1.54) is 4.90 Å². The summed E-state index contributed by atoms with van der Waals surface area (Å²) in [5, 5.41) is 2.70. The van der Waals surface area contributed by atoms with Crippen LogP contribution < -0.4 is 5.32 Å². The second-order valence-electron chi connectivity index (χ2n) is 5.98. The molecule has 6 heteroatoms. The zero-order chi connectivity index (χ0) is 18.9. The smallest absolute Gasteiger partial charge is 0.329 e. The van der Waals surface area contributed by atoms with Gasteiger partial charge in [-0.05, 0) is 17.7 Å². The Kier molecular flexibility index (Phi) is 6.91.